The number of hydrogen-bond donors (Lipinski definition) is 0. The second kappa shape index (κ2) is 6.14. The van der Waals surface area contributed by atoms with Crippen LogP contribution < -0.4 is 5.56 Å². The van der Waals surface area contributed by atoms with E-state index in [2.05, 4.69) is 10.1 Å². The number of hydrogen-bond acceptors (Lipinski definition) is 5. The Labute approximate surface area is 147 Å². The molecule has 0 atom stereocenters. The Morgan fingerprint density at radius 3 is 2.72 bits per heavy atom. The first-order valence-electron chi connectivity index (χ1n) is 7.79. The number of fused-ring (bicyclic) bond motifs is 1. The first-order valence-corrected chi connectivity index (χ1v) is 8.67. The third-order valence-electron chi connectivity index (χ3n) is 3.93. The lowest BCUT2D eigenvalue weighted by atomic mass is 10.2. The molecule has 0 radical (unpaired) electrons. The molecular weight excluding hydrogens is 334 g/mol. The van der Waals surface area contributed by atoms with Crippen molar-refractivity contribution < 1.29 is 4.42 Å². The van der Waals surface area contributed by atoms with Crippen LogP contribution in [0.4, 0.5) is 0 Å². The molecule has 5 nitrogen and oxygen atoms in total. The van der Waals surface area contributed by atoms with Gasteiger partial charge in [-0.1, -0.05) is 29.8 Å². The Balaban J connectivity index is 1.85. The molecule has 0 unspecified atom stereocenters. The average molecular weight is 349 g/mol. The van der Waals surface area contributed by atoms with Gasteiger partial charge in [0, 0.05) is 10.9 Å². The summed E-state index contributed by atoms with van der Waals surface area (Å²) in [6, 6.07) is 11.6. The van der Waals surface area contributed by atoms with Gasteiger partial charge in [0.2, 0.25) is 0 Å². The highest BCUT2D eigenvalue weighted by Crippen LogP contribution is 2.31. The van der Waals surface area contributed by atoms with E-state index in [0.717, 1.165) is 11.1 Å². The molecule has 0 amide bonds. The molecular formula is C19H15N3O2S. The van der Waals surface area contributed by atoms with Crippen LogP contribution in [-0.2, 0) is 0 Å². The fraction of sp³-hybridized carbons (Fsp3) is 0.105. The van der Waals surface area contributed by atoms with Crippen LogP contribution in [0.5, 0.6) is 0 Å². The number of thiophene rings is 1. The van der Waals surface area contributed by atoms with Gasteiger partial charge in [-0.05, 0) is 31.5 Å². The lowest BCUT2D eigenvalue weighted by Crippen LogP contribution is -2.20. The Morgan fingerprint density at radius 2 is 2.00 bits per heavy atom. The molecule has 124 valence electrons. The largest absolute Gasteiger partial charge is 0.464 e. The van der Waals surface area contributed by atoms with Crippen LogP contribution in [0.1, 0.15) is 17.0 Å². The first-order chi connectivity index (χ1) is 12.1. The standard InChI is InChI=1S/C19H15N3O2S/c1-12-5-7-14(8-6-12)10-20-22-13(2)21-18-17(19(22)23)15(11-25-18)16-4-3-9-24-16/h3-11H,1-2H3/b20-10+. The summed E-state index contributed by atoms with van der Waals surface area (Å²) >= 11 is 1.43. The van der Waals surface area contributed by atoms with Crippen LogP contribution >= 0.6 is 11.3 Å². The minimum absolute atomic E-state index is 0.196. The molecule has 25 heavy (non-hydrogen) atoms. The number of benzene rings is 1. The zero-order valence-corrected chi connectivity index (χ0v) is 14.6. The smallest absolute Gasteiger partial charge is 0.283 e. The molecule has 0 saturated carbocycles. The Morgan fingerprint density at radius 1 is 1.20 bits per heavy atom. The Hall–Kier alpha value is -2.99. The second-order valence-corrected chi connectivity index (χ2v) is 6.60. The number of rotatable bonds is 3. The van der Waals surface area contributed by atoms with Gasteiger partial charge >= 0.3 is 0 Å². The molecule has 0 saturated heterocycles. The van der Waals surface area contributed by atoms with Crippen molar-refractivity contribution in [2.24, 2.45) is 5.10 Å². The average Bonchev–Trinajstić information content (AvgIpc) is 3.25. The van der Waals surface area contributed by atoms with Crippen molar-refractivity contribution in [2.45, 2.75) is 13.8 Å². The van der Waals surface area contributed by atoms with Gasteiger partial charge < -0.3 is 4.42 Å². The van der Waals surface area contributed by atoms with Gasteiger partial charge in [0.25, 0.3) is 5.56 Å². The molecule has 0 fully saturated rings. The lowest BCUT2D eigenvalue weighted by Gasteiger charge is -2.04. The van der Waals surface area contributed by atoms with Crippen LogP contribution in [0.25, 0.3) is 21.5 Å². The van der Waals surface area contributed by atoms with Gasteiger partial charge in [0.1, 0.15) is 16.4 Å². The zero-order chi connectivity index (χ0) is 17.4. The molecule has 1 aromatic carbocycles. The van der Waals surface area contributed by atoms with E-state index in [1.165, 1.54) is 21.6 Å². The maximum absolute atomic E-state index is 13.0. The van der Waals surface area contributed by atoms with E-state index in [1.54, 1.807) is 25.5 Å². The molecule has 0 aliphatic carbocycles. The van der Waals surface area contributed by atoms with Crippen LogP contribution in [0.3, 0.4) is 0 Å². The van der Waals surface area contributed by atoms with Gasteiger partial charge in [0.15, 0.2) is 0 Å². The lowest BCUT2D eigenvalue weighted by molar-refractivity contribution is 0.583. The van der Waals surface area contributed by atoms with Crippen LogP contribution in [-0.4, -0.2) is 15.9 Å². The molecule has 4 aromatic rings. The van der Waals surface area contributed by atoms with E-state index >= 15 is 0 Å². The summed E-state index contributed by atoms with van der Waals surface area (Å²) < 4.78 is 6.78. The quantitative estimate of drug-likeness (QED) is 0.520. The molecule has 0 spiro atoms. The normalized spacial score (nSPS) is 11.6. The van der Waals surface area contributed by atoms with Crippen molar-refractivity contribution in [3.05, 3.63) is 75.3 Å². The predicted octanol–water partition coefficient (Wildman–Crippen LogP) is 4.22. The van der Waals surface area contributed by atoms with E-state index < -0.39 is 0 Å². The number of nitrogens with zero attached hydrogens (tertiary/aromatic N) is 3. The SMILES string of the molecule is Cc1ccc(/C=N/n2c(C)nc3scc(-c4ccco4)c3c2=O)cc1. The minimum atomic E-state index is -0.196. The van der Waals surface area contributed by atoms with Gasteiger partial charge in [-0.3, -0.25) is 4.79 Å². The zero-order valence-electron chi connectivity index (χ0n) is 13.8. The maximum atomic E-state index is 13.0. The van der Waals surface area contributed by atoms with E-state index in [9.17, 15) is 4.79 Å². The molecule has 4 rings (SSSR count). The summed E-state index contributed by atoms with van der Waals surface area (Å²) in [5.74, 6) is 1.21. The molecule has 0 aliphatic rings. The fourth-order valence-corrected chi connectivity index (χ4v) is 3.57. The van der Waals surface area contributed by atoms with E-state index in [1.807, 2.05) is 42.6 Å². The predicted molar refractivity (Wildman–Crippen MR) is 100 cm³/mol. The molecule has 3 aromatic heterocycles. The summed E-state index contributed by atoms with van der Waals surface area (Å²) in [7, 11) is 0. The number of aryl methyl sites for hydroxylation is 2. The highest BCUT2D eigenvalue weighted by atomic mass is 32.1. The third-order valence-corrected chi connectivity index (χ3v) is 4.81. The van der Waals surface area contributed by atoms with Crippen LogP contribution in [0, 0.1) is 13.8 Å². The minimum Gasteiger partial charge on any atom is -0.464 e. The number of aromatic nitrogens is 2. The van der Waals surface area contributed by atoms with Crippen molar-refractivity contribution in [1.82, 2.24) is 9.66 Å². The summed E-state index contributed by atoms with van der Waals surface area (Å²) in [5.41, 5.74) is 2.66. The van der Waals surface area contributed by atoms with Crippen molar-refractivity contribution in [1.29, 1.82) is 0 Å². The Bertz CT molecular complexity index is 1120. The summed E-state index contributed by atoms with van der Waals surface area (Å²) in [5, 5.41) is 6.78. The Kier molecular flexibility index (Phi) is 3.82. The monoisotopic (exact) mass is 349 g/mol. The van der Waals surface area contributed by atoms with Crippen molar-refractivity contribution in [3.8, 4) is 11.3 Å². The van der Waals surface area contributed by atoms with Gasteiger partial charge in [-0.2, -0.15) is 9.78 Å². The highest BCUT2D eigenvalue weighted by molar-refractivity contribution is 7.17. The highest BCUT2D eigenvalue weighted by Gasteiger charge is 2.16. The third kappa shape index (κ3) is 2.81. The summed E-state index contributed by atoms with van der Waals surface area (Å²) in [6.07, 6.45) is 3.26. The van der Waals surface area contributed by atoms with Crippen LogP contribution in [0.15, 0.2) is 62.4 Å². The van der Waals surface area contributed by atoms with E-state index in [4.69, 9.17) is 4.42 Å². The van der Waals surface area contributed by atoms with Gasteiger partial charge in [0.05, 0.1) is 17.9 Å². The topological polar surface area (TPSA) is 60.4 Å². The molecule has 0 bridgehead atoms. The van der Waals surface area contributed by atoms with E-state index in [-0.39, 0.29) is 5.56 Å². The van der Waals surface area contributed by atoms with Crippen LogP contribution in [0.2, 0.25) is 0 Å². The maximum Gasteiger partial charge on any atom is 0.283 e. The second-order valence-electron chi connectivity index (χ2n) is 5.74. The molecule has 0 aliphatic heterocycles. The summed E-state index contributed by atoms with van der Waals surface area (Å²) in [6.45, 7) is 3.81. The molecule has 3 heterocycles. The van der Waals surface area contributed by atoms with Crippen molar-refractivity contribution >= 4 is 27.8 Å². The van der Waals surface area contributed by atoms with E-state index in [0.29, 0.717) is 21.8 Å². The van der Waals surface area contributed by atoms with Crippen molar-refractivity contribution in [3.63, 3.8) is 0 Å². The molecule has 0 N–H and O–H groups in total. The molecule has 6 heteroatoms. The summed E-state index contributed by atoms with van der Waals surface area (Å²) in [4.78, 5) is 18.2. The first kappa shape index (κ1) is 15.5. The van der Waals surface area contributed by atoms with Gasteiger partial charge in [-0.25, -0.2) is 4.98 Å². The fourth-order valence-electron chi connectivity index (χ4n) is 2.61. The number of furan rings is 1. The van der Waals surface area contributed by atoms with Crippen molar-refractivity contribution in [2.75, 3.05) is 0 Å². The van der Waals surface area contributed by atoms with Gasteiger partial charge in [-0.15, -0.1) is 11.3 Å².